The molecule has 0 bridgehead atoms. The quantitative estimate of drug-likeness (QED) is 0.0272. The molecule has 0 aliphatic rings. The van der Waals surface area contributed by atoms with Crippen LogP contribution in [0, 0.1) is 0 Å². The Hall–Kier alpha value is -2.84. The number of phosphoric ester groups is 1. The van der Waals surface area contributed by atoms with Crippen molar-refractivity contribution in [2.75, 3.05) is 40.9 Å². The van der Waals surface area contributed by atoms with Crippen molar-refractivity contribution in [2.24, 2.45) is 0 Å². The highest BCUT2D eigenvalue weighted by atomic mass is 31.2. The van der Waals surface area contributed by atoms with Gasteiger partial charge in [0, 0.05) is 6.42 Å². The molecular weight excluding hydrogens is 924 g/mol. The number of likely N-dealkylation sites (N-methyl/N-ethyl adjacent to an activating group) is 1. The third-order valence-corrected chi connectivity index (χ3v) is 13.7. The van der Waals surface area contributed by atoms with E-state index in [9.17, 15) is 19.4 Å². The van der Waals surface area contributed by atoms with Gasteiger partial charge in [0.2, 0.25) is 5.91 Å². The van der Waals surface area contributed by atoms with E-state index in [0.717, 1.165) is 83.5 Å². The first-order valence-corrected chi connectivity index (χ1v) is 31.2. The van der Waals surface area contributed by atoms with Crippen LogP contribution in [0.2, 0.25) is 0 Å². The second kappa shape index (κ2) is 54.0. The van der Waals surface area contributed by atoms with Crippen molar-refractivity contribution in [3.63, 3.8) is 0 Å². The minimum atomic E-state index is -4.60. The first-order valence-electron chi connectivity index (χ1n) is 29.7. The van der Waals surface area contributed by atoms with Gasteiger partial charge in [0.1, 0.15) is 13.2 Å². The number of nitrogens with zero attached hydrogens (tertiary/aromatic N) is 1. The van der Waals surface area contributed by atoms with Crippen molar-refractivity contribution in [1.82, 2.24) is 5.32 Å². The van der Waals surface area contributed by atoms with Crippen LogP contribution >= 0.6 is 7.82 Å². The molecule has 0 saturated heterocycles. The molecule has 0 saturated carbocycles. The van der Waals surface area contributed by atoms with E-state index in [2.05, 4.69) is 116 Å². The number of nitrogens with one attached hydrogen (secondary N) is 1. The second-order valence-corrected chi connectivity index (χ2v) is 22.4. The number of hydrogen-bond donors (Lipinski definition) is 2. The number of phosphoric acid groups is 1. The lowest BCUT2D eigenvalue weighted by Gasteiger charge is -2.29. The van der Waals surface area contributed by atoms with E-state index in [1.165, 1.54) is 135 Å². The number of aliphatic hydroxyl groups excluding tert-OH is 1. The predicted molar refractivity (Wildman–Crippen MR) is 316 cm³/mol. The normalized spacial score (nSPS) is 14.7. The minimum absolute atomic E-state index is 0.00944. The van der Waals surface area contributed by atoms with Crippen LogP contribution in [-0.4, -0.2) is 68.5 Å². The summed E-state index contributed by atoms with van der Waals surface area (Å²) in [6.45, 7) is 4.49. The Balaban J connectivity index is 3.99. The van der Waals surface area contributed by atoms with Gasteiger partial charge < -0.3 is 28.8 Å². The third-order valence-electron chi connectivity index (χ3n) is 12.7. The van der Waals surface area contributed by atoms with Gasteiger partial charge in [-0.05, 0) is 89.9 Å². The van der Waals surface area contributed by atoms with Crippen molar-refractivity contribution in [3.05, 3.63) is 109 Å². The summed E-state index contributed by atoms with van der Waals surface area (Å²) >= 11 is 0. The molecule has 420 valence electrons. The molecular formula is C64H113N2O6P. The predicted octanol–water partition coefficient (Wildman–Crippen LogP) is 17.7. The zero-order valence-corrected chi connectivity index (χ0v) is 48.7. The third kappa shape index (κ3) is 56.7. The van der Waals surface area contributed by atoms with Gasteiger partial charge in [-0.25, -0.2) is 0 Å². The van der Waals surface area contributed by atoms with Crippen molar-refractivity contribution in [2.45, 2.75) is 251 Å². The molecule has 2 N–H and O–H groups in total. The van der Waals surface area contributed by atoms with E-state index in [0.29, 0.717) is 17.4 Å². The summed E-state index contributed by atoms with van der Waals surface area (Å²) in [6, 6.07) is -0.907. The molecule has 0 aromatic carbocycles. The molecule has 0 aliphatic heterocycles. The van der Waals surface area contributed by atoms with Crippen LogP contribution in [0.3, 0.4) is 0 Å². The van der Waals surface area contributed by atoms with Crippen molar-refractivity contribution >= 4 is 13.7 Å². The Morgan fingerprint density at radius 3 is 1.27 bits per heavy atom. The number of carbonyl (C=O) groups excluding carboxylic acids is 1. The molecule has 9 heteroatoms. The molecule has 8 nitrogen and oxygen atoms in total. The lowest BCUT2D eigenvalue weighted by atomic mass is 10.0. The van der Waals surface area contributed by atoms with E-state index in [-0.39, 0.29) is 12.5 Å². The van der Waals surface area contributed by atoms with E-state index < -0.39 is 26.6 Å². The molecule has 0 aromatic rings. The Bertz CT molecular complexity index is 1550. The Morgan fingerprint density at radius 1 is 0.493 bits per heavy atom. The molecule has 3 atom stereocenters. The summed E-state index contributed by atoms with van der Waals surface area (Å²) in [6.07, 6.45) is 79.0. The fraction of sp³-hybridized carbons (Fsp3) is 0.703. The second-order valence-electron chi connectivity index (χ2n) is 21.0. The van der Waals surface area contributed by atoms with Crippen molar-refractivity contribution < 1.29 is 32.9 Å². The molecule has 1 amide bonds. The van der Waals surface area contributed by atoms with E-state index in [1.54, 1.807) is 6.08 Å². The zero-order valence-electron chi connectivity index (χ0n) is 47.8. The topological polar surface area (TPSA) is 108 Å². The van der Waals surface area contributed by atoms with Crippen LogP contribution in [0.15, 0.2) is 109 Å². The molecule has 0 fully saturated rings. The van der Waals surface area contributed by atoms with Crippen LogP contribution < -0.4 is 10.2 Å². The van der Waals surface area contributed by atoms with Crippen molar-refractivity contribution in [3.8, 4) is 0 Å². The molecule has 0 heterocycles. The molecule has 73 heavy (non-hydrogen) atoms. The number of allylic oxidation sites excluding steroid dienone is 17. The fourth-order valence-corrected chi connectivity index (χ4v) is 8.81. The summed E-state index contributed by atoms with van der Waals surface area (Å²) in [5, 5.41) is 13.8. The summed E-state index contributed by atoms with van der Waals surface area (Å²) < 4.78 is 23.3. The summed E-state index contributed by atoms with van der Waals surface area (Å²) in [5.41, 5.74) is 0. The lowest BCUT2D eigenvalue weighted by molar-refractivity contribution is -0.870. The van der Waals surface area contributed by atoms with E-state index >= 15 is 0 Å². The van der Waals surface area contributed by atoms with Crippen LogP contribution in [0.25, 0.3) is 0 Å². The molecule has 0 aliphatic carbocycles. The number of quaternary nitrogens is 1. The Morgan fingerprint density at radius 2 is 0.849 bits per heavy atom. The first-order chi connectivity index (χ1) is 35.5. The number of hydrogen-bond acceptors (Lipinski definition) is 6. The number of unbranched alkanes of at least 4 members (excludes halogenated alkanes) is 24. The summed E-state index contributed by atoms with van der Waals surface area (Å²) in [7, 11) is 1.24. The molecule has 3 unspecified atom stereocenters. The average Bonchev–Trinajstić information content (AvgIpc) is 3.35. The first kappa shape index (κ1) is 70.2. The molecule has 0 rings (SSSR count). The summed E-state index contributed by atoms with van der Waals surface area (Å²) in [5.74, 6) is -0.210. The van der Waals surface area contributed by atoms with Gasteiger partial charge in [0.25, 0.3) is 7.82 Å². The zero-order chi connectivity index (χ0) is 53.5. The van der Waals surface area contributed by atoms with Crippen molar-refractivity contribution in [1.29, 1.82) is 0 Å². The summed E-state index contributed by atoms with van der Waals surface area (Å²) in [4.78, 5) is 25.4. The maximum absolute atomic E-state index is 12.9. The molecule has 0 radical (unpaired) electrons. The van der Waals surface area contributed by atoms with Crippen LogP contribution in [0.5, 0.6) is 0 Å². The van der Waals surface area contributed by atoms with Gasteiger partial charge in [0.15, 0.2) is 0 Å². The monoisotopic (exact) mass is 1040 g/mol. The maximum Gasteiger partial charge on any atom is 0.268 e. The van der Waals surface area contributed by atoms with Crippen LogP contribution in [-0.2, 0) is 18.4 Å². The Kier molecular flexibility index (Phi) is 51.9. The average molecular weight is 1040 g/mol. The van der Waals surface area contributed by atoms with Crippen LogP contribution in [0.4, 0.5) is 0 Å². The van der Waals surface area contributed by atoms with Gasteiger partial charge in [-0.1, -0.05) is 252 Å². The maximum atomic E-state index is 12.9. The Labute approximate surface area is 451 Å². The number of carbonyl (C=O) groups is 1. The van der Waals surface area contributed by atoms with Gasteiger partial charge in [-0.2, -0.15) is 0 Å². The molecule has 0 spiro atoms. The minimum Gasteiger partial charge on any atom is -0.756 e. The lowest BCUT2D eigenvalue weighted by Crippen LogP contribution is -2.45. The van der Waals surface area contributed by atoms with Gasteiger partial charge >= 0.3 is 0 Å². The van der Waals surface area contributed by atoms with Gasteiger partial charge in [-0.15, -0.1) is 0 Å². The van der Waals surface area contributed by atoms with Crippen LogP contribution in [0.1, 0.15) is 239 Å². The largest absolute Gasteiger partial charge is 0.756 e. The smallest absolute Gasteiger partial charge is 0.268 e. The van der Waals surface area contributed by atoms with E-state index in [1.807, 2.05) is 27.2 Å². The number of amides is 1. The van der Waals surface area contributed by atoms with E-state index in [4.69, 9.17) is 9.05 Å². The fourth-order valence-electron chi connectivity index (χ4n) is 8.09. The van der Waals surface area contributed by atoms with Gasteiger partial charge in [-0.3, -0.25) is 9.36 Å². The highest BCUT2D eigenvalue weighted by Crippen LogP contribution is 2.38. The van der Waals surface area contributed by atoms with Gasteiger partial charge in [0.05, 0.1) is 39.9 Å². The highest BCUT2D eigenvalue weighted by molar-refractivity contribution is 7.45. The number of rotatable bonds is 53. The molecule has 0 aromatic heterocycles. The standard InChI is InChI=1S/C64H113N2O6P/c1-6-8-10-12-14-16-18-20-21-22-23-24-25-26-27-28-29-30-31-32-33-34-35-36-37-38-39-40-41-42-43-44-45-46-48-50-52-54-56-58-64(68)65-62(61-72-73(69,70)71-60-59-66(3,4)5)63(67)57-55-53-51-49-47-19-17-15-13-11-9-7-2/h8,10,14,16,20-21,23-24,26-27,29-30,32-33,47,49,55,57,62-63,67H,6-7,9,11-13,15,17-19,22,25,28,31,34-46,48,50-54,56,58-61H2,1-5H3,(H-,65,68,69,70)/b10-8-,16-14-,21-20-,24-23-,27-26-,30-29-,33-32-,49-47+,57-55+. The highest BCUT2D eigenvalue weighted by Gasteiger charge is 2.23. The SMILES string of the molecule is CC/C=C\C/C=C\C/C=C\C/C=C\C/C=C\C/C=C\C/C=C\CCCCCCCCCCCCCCCCCCCC(=O)NC(COP(=O)([O-])OCC[N+](C)(C)C)C(O)/C=C/CC/C=C/CCCCCCCC. The number of aliphatic hydroxyl groups is 1.